The summed E-state index contributed by atoms with van der Waals surface area (Å²) in [4.78, 5) is 10.7. The lowest BCUT2D eigenvalue weighted by Crippen LogP contribution is -2.51. The molecule has 0 radical (unpaired) electrons. The van der Waals surface area contributed by atoms with Gasteiger partial charge in [-0.3, -0.25) is 9.80 Å². The molecule has 1 rings (SSSR count). The Hall–Kier alpha value is -0.0300. The van der Waals surface area contributed by atoms with Crippen molar-refractivity contribution in [2.75, 3.05) is 33.2 Å². The summed E-state index contributed by atoms with van der Waals surface area (Å²) in [5.41, 5.74) is 0. The maximum Gasteiger partial charge on any atom is 0.330 e. The van der Waals surface area contributed by atoms with Gasteiger partial charge in [0.1, 0.15) is 0 Å². The molecule has 72 valence electrons. The molecule has 0 saturated carbocycles. The number of rotatable bonds is 1. The molecule has 1 aliphatic heterocycles. The van der Waals surface area contributed by atoms with Gasteiger partial charge in [-0.1, -0.05) is 0 Å². The number of amides is 1. The molecule has 0 aliphatic carbocycles. The Kier molecular flexibility index (Phi) is 5.57. The van der Waals surface area contributed by atoms with Crippen molar-refractivity contribution < 1.29 is 4.79 Å². The van der Waals surface area contributed by atoms with Crippen LogP contribution in [0.2, 0.25) is 0 Å². The first-order valence-electron chi connectivity index (χ1n) is 3.60. The molecule has 0 aromatic rings. The second kappa shape index (κ2) is 5.59. The second-order valence-electron chi connectivity index (χ2n) is 2.48. The predicted molar refractivity (Wildman–Crippen MR) is 50.7 cm³/mol. The monoisotopic (exact) mass is 213 g/mol. The minimum atomic E-state index is -0.424. The fourth-order valence-electron chi connectivity index (χ4n) is 1.06. The van der Waals surface area contributed by atoms with Crippen LogP contribution in [0.15, 0.2) is 0 Å². The SMILES string of the molecule is CN(C(=O)Cl)N1CCNCC1.Cl. The highest BCUT2D eigenvalue weighted by atomic mass is 35.5. The molecule has 1 amide bonds. The number of piperazine rings is 1. The van der Waals surface area contributed by atoms with Crippen molar-refractivity contribution in [3.63, 3.8) is 0 Å². The van der Waals surface area contributed by atoms with Crippen LogP contribution >= 0.6 is 24.0 Å². The van der Waals surface area contributed by atoms with Crippen molar-refractivity contribution in [1.29, 1.82) is 0 Å². The molecule has 1 aliphatic rings. The average molecular weight is 214 g/mol. The van der Waals surface area contributed by atoms with Gasteiger partial charge in [-0.05, 0) is 11.6 Å². The summed E-state index contributed by atoms with van der Waals surface area (Å²) in [5.74, 6) is 0. The Bertz CT molecular complexity index is 150. The van der Waals surface area contributed by atoms with Gasteiger partial charge in [0.2, 0.25) is 0 Å². The van der Waals surface area contributed by atoms with E-state index >= 15 is 0 Å². The number of hydrazine groups is 1. The maximum atomic E-state index is 10.7. The first-order chi connectivity index (χ1) is 5.22. The van der Waals surface area contributed by atoms with Crippen molar-refractivity contribution in [3.8, 4) is 0 Å². The molecule has 0 atom stereocenters. The largest absolute Gasteiger partial charge is 0.330 e. The summed E-state index contributed by atoms with van der Waals surface area (Å²) in [7, 11) is 1.68. The molecule has 1 fully saturated rings. The zero-order valence-corrected chi connectivity index (χ0v) is 8.49. The van der Waals surface area contributed by atoms with E-state index in [0.29, 0.717) is 0 Å². The summed E-state index contributed by atoms with van der Waals surface area (Å²) < 4.78 is 0. The van der Waals surface area contributed by atoms with Crippen molar-refractivity contribution in [3.05, 3.63) is 0 Å². The van der Waals surface area contributed by atoms with E-state index in [1.807, 2.05) is 5.01 Å². The van der Waals surface area contributed by atoms with Crippen LogP contribution in [0.3, 0.4) is 0 Å². The van der Waals surface area contributed by atoms with Gasteiger partial charge in [0.25, 0.3) is 0 Å². The normalized spacial score (nSPS) is 18.2. The Morgan fingerprint density at radius 2 is 2.00 bits per heavy atom. The summed E-state index contributed by atoms with van der Waals surface area (Å²) in [6, 6.07) is 0. The molecular formula is C6H13Cl2N3O. The van der Waals surface area contributed by atoms with E-state index in [1.54, 1.807) is 7.05 Å². The second-order valence-corrected chi connectivity index (χ2v) is 2.80. The van der Waals surface area contributed by atoms with Crippen LogP contribution in [0, 0.1) is 0 Å². The molecule has 0 bridgehead atoms. The predicted octanol–water partition coefficient (Wildman–Crippen LogP) is 0.519. The first kappa shape index (κ1) is 12.0. The van der Waals surface area contributed by atoms with Gasteiger partial charge in [0.05, 0.1) is 0 Å². The molecular weight excluding hydrogens is 201 g/mol. The van der Waals surface area contributed by atoms with Crippen molar-refractivity contribution in [1.82, 2.24) is 15.3 Å². The highest BCUT2D eigenvalue weighted by Gasteiger charge is 2.16. The molecule has 1 heterocycles. The molecule has 0 unspecified atom stereocenters. The van der Waals surface area contributed by atoms with E-state index in [1.165, 1.54) is 5.01 Å². The van der Waals surface area contributed by atoms with Crippen LogP contribution in [-0.4, -0.2) is 48.6 Å². The number of carbonyl (C=O) groups is 1. The standard InChI is InChI=1S/C6H12ClN3O.ClH/c1-9(6(7)11)10-4-2-8-3-5-10;/h8H,2-5H2,1H3;1H. The maximum absolute atomic E-state index is 10.7. The van der Waals surface area contributed by atoms with Crippen molar-refractivity contribution in [2.45, 2.75) is 0 Å². The van der Waals surface area contributed by atoms with E-state index in [2.05, 4.69) is 5.32 Å². The molecule has 0 aromatic carbocycles. The van der Waals surface area contributed by atoms with Gasteiger partial charge in [0, 0.05) is 33.2 Å². The van der Waals surface area contributed by atoms with E-state index in [4.69, 9.17) is 11.6 Å². The lowest BCUT2D eigenvalue weighted by atomic mass is 10.4. The third-order valence-electron chi connectivity index (χ3n) is 1.77. The Morgan fingerprint density at radius 1 is 1.50 bits per heavy atom. The van der Waals surface area contributed by atoms with Gasteiger partial charge in [-0.2, -0.15) is 0 Å². The van der Waals surface area contributed by atoms with Crippen LogP contribution in [0.4, 0.5) is 4.79 Å². The van der Waals surface area contributed by atoms with E-state index in [-0.39, 0.29) is 12.4 Å². The van der Waals surface area contributed by atoms with Crippen molar-refractivity contribution in [2.24, 2.45) is 0 Å². The van der Waals surface area contributed by atoms with Gasteiger partial charge < -0.3 is 5.32 Å². The fourth-order valence-corrected chi connectivity index (χ4v) is 1.17. The molecule has 0 aromatic heterocycles. The fraction of sp³-hybridized carbons (Fsp3) is 0.833. The number of carbonyl (C=O) groups excluding carboxylic acids is 1. The van der Waals surface area contributed by atoms with E-state index in [0.717, 1.165) is 26.2 Å². The smallest absolute Gasteiger partial charge is 0.314 e. The van der Waals surface area contributed by atoms with Gasteiger partial charge in [-0.25, -0.2) is 5.01 Å². The van der Waals surface area contributed by atoms with Crippen LogP contribution in [0.25, 0.3) is 0 Å². The molecule has 6 heteroatoms. The zero-order chi connectivity index (χ0) is 8.27. The Labute approximate surface area is 83.2 Å². The van der Waals surface area contributed by atoms with E-state index < -0.39 is 5.37 Å². The lowest BCUT2D eigenvalue weighted by Gasteiger charge is -2.33. The minimum absolute atomic E-state index is 0. The summed E-state index contributed by atoms with van der Waals surface area (Å²) >= 11 is 5.29. The van der Waals surface area contributed by atoms with Gasteiger partial charge in [-0.15, -0.1) is 12.4 Å². The molecule has 4 nitrogen and oxygen atoms in total. The Morgan fingerprint density at radius 3 is 2.42 bits per heavy atom. The molecule has 0 spiro atoms. The van der Waals surface area contributed by atoms with Gasteiger partial charge in [0.15, 0.2) is 0 Å². The number of hydrogen-bond acceptors (Lipinski definition) is 3. The average Bonchev–Trinajstić information content (AvgIpc) is 2.05. The molecule has 1 saturated heterocycles. The van der Waals surface area contributed by atoms with Crippen molar-refractivity contribution >= 4 is 29.4 Å². The summed E-state index contributed by atoms with van der Waals surface area (Å²) in [5, 5.41) is 6.13. The Balaban J connectivity index is 0.00000121. The summed E-state index contributed by atoms with van der Waals surface area (Å²) in [6.07, 6.45) is 0. The van der Waals surface area contributed by atoms with Crippen LogP contribution in [-0.2, 0) is 0 Å². The lowest BCUT2D eigenvalue weighted by molar-refractivity contribution is 0.0362. The number of nitrogens with zero attached hydrogens (tertiary/aromatic N) is 2. The van der Waals surface area contributed by atoms with Crippen LogP contribution < -0.4 is 5.32 Å². The van der Waals surface area contributed by atoms with Crippen LogP contribution in [0.1, 0.15) is 0 Å². The minimum Gasteiger partial charge on any atom is -0.314 e. The highest BCUT2D eigenvalue weighted by molar-refractivity contribution is 6.62. The molecule has 12 heavy (non-hydrogen) atoms. The first-order valence-corrected chi connectivity index (χ1v) is 3.98. The number of nitrogens with one attached hydrogen (secondary N) is 1. The zero-order valence-electron chi connectivity index (χ0n) is 6.92. The third kappa shape index (κ3) is 3.15. The molecule has 1 N–H and O–H groups in total. The number of halogens is 2. The number of hydrogen-bond donors (Lipinski definition) is 1. The van der Waals surface area contributed by atoms with Crippen LogP contribution in [0.5, 0.6) is 0 Å². The highest BCUT2D eigenvalue weighted by Crippen LogP contribution is 2.00. The topological polar surface area (TPSA) is 35.6 Å². The quantitative estimate of drug-likeness (QED) is 0.510. The van der Waals surface area contributed by atoms with Gasteiger partial charge >= 0.3 is 5.37 Å². The third-order valence-corrected chi connectivity index (χ3v) is 2.02. The summed E-state index contributed by atoms with van der Waals surface area (Å²) in [6.45, 7) is 3.51. The van der Waals surface area contributed by atoms with E-state index in [9.17, 15) is 4.79 Å².